The van der Waals surface area contributed by atoms with E-state index in [1.54, 1.807) is 0 Å². The molecule has 13 rings (SSSR count). The van der Waals surface area contributed by atoms with Crippen LogP contribution in [0.15, 0.2) is 218 Å². The lowest BCUT2D eigenvalue weighted by Gasteiger charge is -2.21. The van der Waals surface area contributed by atoms with E-state index in [1.165, 1.54) is 125 Å². The Morgan fingerprint density at radius 2 is 1.02 bits per heavy atom. The highest BCUT2D eigenvalue weighted by atomic mass is 32.1. The number of aromatic nitrogens is 1. The highest BCUT2D eigenvalue weighted by Crippen LogP contribution is 2.48. The molecule has 1 aliphatic rings. The minimum Gasteiger partial charge on any atom is -0.310 e. The molecule has 0 unspecified atom stereocenters. The Labute approximate surface area is 376 Å². The molecule has 2 heteroatoms. The first kappa shape index (κ1) is 36.8. The minimum atomic E-state index is 1.02. The van der Waals surface area contributed by atoms with E-state index in [-0.39, 0.29) is 0 Å². The second-order valence-electron chi connectivity index (χ2n) is 17.0. The van der Waals surface area contributed by atoms with Gasteiger partial charge in [-0.15, -0.1) is 11.3 Å². The zero-order chi connectivity index (χ0) is 42.1. The van der Waals surface area contributed by atoms with E-state index in [4.69, 9.17) is 0 Å². The van der Waals surface area contributed by atoms with Gasteiger partial charge in [0.25, 0.3) is 0 Å². The second kappa shape index (κ2) is 14.9. The Morgan fingerprint density at radius 3 is 1.86 bits per heavy atom. The fourth-order valence-corrected chi connectivity index (χ4v) is 11.9. The van der Waals surface area contributed by atoms with Crippen LogP contribution in [0.3, 0.4) is 0 Å². The van der Waals surface area contributed by atoms with E-state index in [0.717, 1.165) is 12.8 Å². The van der Waals surface area contributed by atoms with E-state index in [9.17, 15) is 0 Å². The van der Waals surface area contributed by atoms with Crippen LogP contribution >= 0.6 is 11.3 Å². The third-order valence-corrected chi connectivity index (χ3v) is 14.7. The zero-order valence-electron chi connectivity index (χ0n) is 35.1. The summed E-state index contributed by atoms with van der Waals surface area (Å²) in [4.78, 5) is 0. The highest BCUT2D eigenvalue weighted by Gasteiger charge is 2.23. The predicted molar refractivity (Wildman–Crippen MR) is 276 cm³/mol. The number of allylic oxidation sites excluding steroid dienone is 1. The Bertz CT molecular complexity index is 3830. The van der Waals surface area contributed by atoms with Crippen molar-refractivity contribution < 1.29 is 0 Å². The van der Waals surface area contributed by atoms with Crippen LogP contribution in [0.2, 0.25) is 0 Å². The van der Waals surface area contributed by atoms with Gasteiger partial charge in [0.2, 0.25) is 0 Å². The van der Waals surface area contributed by atoms with Gasteiger partial charge in [0.1, 0.15) is 0 Å². The van der Waals surface area contributed by atoms with Crippen molar-refractivity contribution in [2.75, 3.05) is 0 Å². The maximum atomic E-state index is 2.53. The highest BCUT2D eigenvalue weighted by molar-refractivity contribution is 7.26. The molecule has 64 heavy (non-hydrogen) atoms. The molecule has 0 saturated heterocycles. The lowest BCUT2D eigenvalue weighted by molar-refractivity contribution is 0.968. The normalized spacial score (nSPS) is 12.5. The molecule has 1 aliphatic carbocycles. The SMILES string of the molecule is C1=Cc2c(c3cc(-c4cccc5c4sc4ccccc45)ccc3n2-c2ccc3c(-c4cccc(-c5ccccc5)c4)c4ccccc4c(-c4ccccc4-c4ccccc4)c3c2)CC1. The Balaban J connectivity index is 1.08. The molecule has 0 radical (unpaired) electrons. The largest absolute Gasteiger partial charge is 0.310 e. The lowest BCUT2D eigenvalue weighted by atomic mass is 9.83. The molecular formula is C62H41NS. The van der Waals surface area contributed by atoms with E-state index >= 15 is 0 Å². The van der Waals surface area contributed by atoms with Crippen LogP contribution in [-0.2, 0) is 6.42 Å². The topological polar surface area (TPSA) is 4.93 Å². The average Bonchev–Trinajstić information content (AvgIpc) is 3.92. The standard InChI is InChI=1S/C62H41NS/c1-3-17-40(18-4-1)42-21-15-22-44(37-42)60-51-27-9-10-28-52(51)61(50-26-8-7-23-46(50)41-19-5-2-6-20-41)56-39-45(34-35-53(56)60)63-57-31-13-11-24-48(57)55-38-43(33-36-58(55)63)47-29-16-30-54-49-25-12-14-32-59(49)64-62(47)54/h1-10,12-23,25-39H,11,24H2. The van der Waals surface area contributed by atoms with E-state index in [2.05, 4.69) is 229 Å². The van der Waals surface area contributed by atoms with Crippen molar-refractivity contribution in [1.29, 1.82) is 0 Å². The van der Waals surface area contributed by atoms with E-state index < -0.39 is 0 Å². The third kappa shape index (κ3) is 5.84. The van der Waals surface area contributed by atoms with Crippen LogP contribution in [0.1, 0.15) is 17.7 Å². The number of hydrogen-bond donors (Lipinski definition) is 0. The van der Waals surface area contributed by atoms with E-state index in [0.29, 0.717) is 0 Å². The van der Waals surface area contributed by atoms with Gasteiger partial charge in [-0.2, -0.15) is 0 Å². The quantitative estimate of drug-likeness (QED) is 0.147. The van der Waals surface area contributed by atoms with Gasteiger partial charge in [0.05, 0.1) is 5.52 Å². The molecule has 2 heterocycles. The number of benzene rings is 10. The van der Waals surface area contributed by atoms with E-state index in [1.807, 2.05) is 11.3 Å². The first-order chi connectivity index (χ1) is 31.8. The molecule has 0 saturated carbocycles. The smallest absolute Gasteiger partial charge is 0.0538 e. The molecule has 0 fully saturated rings. The number of aryl methyl sites for hydroxylation is 1. The first-order valence-electron chi connectivity index (χ1n) is 22.3. The Morgan fingerprint density at radius 1 is 0.375 bits per heavy atom. The summed E-state index contributed by atoms with van der Waals surface area (Å²) in [7, 11) is 0. The summed E-state index contributed by atoms with van der Waals surface area (Å²) in [6.45, 7) is 0. The van der Waals surface area contributed by atoms with Gasteiger partial charge < -0.3 is 4.57 Å². The maximum Gasteiger partial charge on any atom is 0.0538 e. The summed E-state index contributed by atoms with van der Waals surface area (Å²) in [6.07, 6.45) is 6.77. The van der Waals surface area contributed by atoms with Crippen molar-refractivity contribution in [3.63, 3.8) is 0 Å². The van der Waals surface area contributed by atoms with Gasteiger partial charge in [0.15, 0.2) is 0 Å². The Kier molecular flexibility index (Phi) is 8.60. The molecule has 2 aromatic heterocycles. The second-order valence-corrected chi connectivity index (χ2v) is 18.1. The van der Waals surface area contributed by atoms with Gasteiger partial charge in [-0.3, -0.25) is 0 Å². The lowest BCUT2D eigenvalue weighted by Crippen LogP contribution is -2.01. The van der Waals surface area contributed by atoms with Crippen LogP contribution < -0.4 is 0 Å². The van der Waals surface area contributed by atoms with Crippen LogP contribution in [0, 0.1) is 0 Å². The number of hydrogen-bond acceptors (Lipinski definition) is 1. The fraction of sp³-hybridized carbons (Fsp3) is 0.0323. The van der Waals surface area contributed by atoms with Crippen molar-refractivity contribution in [3.8, 4) is 61.3 Å². The fourth-order valence-electron chi connectivity index (χ4n) is 10.6. The number of thiophene rings is 1. The molecule has 0 N–H and O–H groups in total. The molecule has 0 spiro atoms. The first-order valence-corrected chi connectivity index (χ1v) is 23.1. The summed E-state index contributed by atoms with van der Waals surface area (Å²) in [6, 6.07) is 78.8. The minimum absolute atomic E-state index is 1.02. The number of nitrogens with zero attached hydrogens (tertiary/aromatic N) is 1. The van der Waals surface area contributed by atoms with Gasteiger partial charge in [-0.1, -0.05) is 182 Å². The van der Waals surface area contributed by atoms with Gasteiger partial charge in [-0.05, 0) is 138 Å². The van der Waals surface area contributed by atoms with Crippen molar-refractivity contribution >= 4 is 70.0 Å². The van der Waals surface area contributed by atoms with Gasteiger partial charge in [-0.25, -0.2) is 0 Å². The Hall–Kier alpha value is -7.78. The van der Waals surface area contributed by atoms with Crippen molar-refractivity contribution in [1.82, 2.24) is 4.57 Å². The molecule has 1 nitrogen and oxygen atoms in total. The molecule has 10 aromatic carbocycles. The van der Waals surface area contributed by atoms with Crippen LogP contribution in [-0.4, -0.2) is 4.57 Å². The molecular weight excluding hydrogens is 791 g/mol. The molecule has 12 aromatic rings. The monoisotopic (exact) mass is 831 g/mol. The van der Waals surface area contributed by atoms with Crippen molar-refractivity contribution in [2.24, 2.45) is 0 Å². The molecule has 0 amide bonds. The average molecular weight is 832 g/mol. The van der Waals surface area contributed by atoms with Crippen molar-refractivity contribution in [3.05, 3.63) is 230 Å². The number of rotatable bonds is 6. The summed E-state index contributed by atoms with van der Waals surface area (Å²) < 4.78 is 5.22. The molecule has 0 bridgehead atoms. The summed E-state index contributed by atoms with van der Waals surface area (Å²) in [5, 5.41) is 8.98. The van der Waals surface area contributed by atoms with Crippen molar-refractivity contribution in [2.45, 2.75) is 12.8 Å². The number of fused-ring (bicyclic) bond motifs is 8. The zero-order valence-corrected chi connectivity index (χ0v) is 35.9. The third-order valence-electron chi connectivity index (χ3n) is 13.5. The van der Waals surface area contributed by atoms with Crippen LogP contribution in [0.5, 0.6) is 0 Å². The molecule has 300 valence electrons. The van der Waals surface area contributed by atoms with Crippen LogP contribution in [0.25, 0.3) is 120 Å². The van der Waals surface area contributed by atoms with Gasteiger partial charge in [0, 0.05) is 36.9 Å². The van der Waals surface area contributed by atoms with Gasteiger partial charge >= 0.3 is 0 Å². The van der Waals surface area contributed by atoms with Crippen LogP contribution in [0.4, 0.5) is 0 Å². The summed E-state index contributed by atoms with van der Waals surface area (Å²) in [5.41, 5.74) is 17.5. The predicted octanol–water partition coefficient (Wildman–Crippen LogP) is 17.6. The molecule has 0 aliphatic heterocycles. The summed E-state index contributed by atoms with van der Waals surface area (Å²) in [5.74, 6) is 0. The maximum absolute atomic E-state index is 2.53. The molecule has 0 atom stereocenters. The summed E-state index contributed by atoms with van der Waals surface area (Å²) >= 11 is 1.90.